The van der Waals surface area contributed by atoms with Crippen molar-refractivity contribution < 1.29 is 22.4 Å². The predicted octanol–water partition coefficient (Wildman–Crippen LogP) is 5.57. The van der Waals surface area contributed by atoms with E-state index in [1.54, 1.807) is 53.4 Å². The summed E-state index contributed by atoms with van der Waals surface area (Å²) in [6.07, 6.45) is -0.386. The number of furan rings is 1. The second-order valence-electron chi connectivity index (χ2n) is 7.93. The second-order valence-corrected chi connectivity index (χ2v) is 7.93. The van der Waals surface area contributed by atoms with Gasteiger partial charge in [0.15, 0.2) is 0 Å². The first-order valence-electron chi connectivity index (χ1n) is 10.6. The summed E-state index contributed by atoms with van der Waals surface area (Å²) in [7, 11) is 0. The third-order valence-corrected chi connectivity index (χ3v) is 5.75. The molecule has 1 N–H and O–H groups in total. The molecule has 5 rings (SSSR count). The first-order chi connectivity index (χ1) is 15.9. The number of nitrogens with one attached hydrogen (secondary N) is 1. The third-order valence-electron chi connectivity index (χ3n) is 5.75. The van der Waals surface area contributed by atoms with E-state index in [1.165, 1.54) is 12.1 Å². The molecule has 5 nitrogen and oxygen atoms in total. The Labute approximate surface area is 187 Å². The summed E-state index contributed by atoms with van der Waals surface area (Å²) < 4.78 is 46.8. The van der Waals surface area contributed by atoms with Crippen LogP contribution in [0.2, 0.25) is 0 Å². The molecule has 168 valence electrons. The molecule has 0 unspecified atom stereocenters. The summed E-state index contributed by atoms with van der Waals surface area (Å²) in [6, 6.07) is 15.7. The van der Waals surface area contributed by atoms with E-state index in [0.717, 1.165) is 36.6 Å². The largest absolute Gasteiger partial charge is 0.467 e. The average molecular weight is 451 g/mol. The Hall–Kier alpha value is -3.81. The van der Waals surface area contributed by atoms with Crippen molar-refractivity contribution in [1.82, 2.24) is 15.1 Å². The molecule has 0 fully saturated rings. The van der Waals surface area contributed by atoms with E-state index in [4.69, 9.17) is 9.52 Å². The fourth-order valence-electron chi connectivity index (χ4n) is 4.15. The summed E-state index contributed by atoms with van der Waals surface area (Å²) in [4.78, 5) is 12.4. The number of halogens is 3. The molecule has 0 radical (unpaired) electrons. The van der Waals surface area contributed by atoms with Gasteiger partial charge in [0.05, 0.1) is 35.4 Å². The van der Waals surface area contributed by atoms with Gasteiger partial charge in [-0.2, -0.15) is 18.3 Å². The van der Waals surface area contributed by atoms with Crippen molar-refractivity contribution in [3.8, 4) is 16.9 Å². The molecule has 0 spiro atoms. The molecule has 8 heteroatoms. The number of amides is 1. The Bertz CT molecular complexity index is 1290. The van der Waals surface area contributed by atoms with Crippen molar-refractivity contribution in [2.45, 2.75) is 32.0 Å². The molecular weight excluding hydrogens is 431 g/mol. The Kier molecular flexibility index (Phi) is 5.28. The number of benzene rings is 2. The highest BCUT2D eigenvalue weighted by Crippen LogP contribution is 2.37. The molecule has 0 aliphatic heterocycles. The van der Waals surface area contributed by atoms with Crippen LogP contribution >= 0.6 is 0 Å². The maximum atomic E-state index is 13.3. The highest BCUT2D eigenvalue weighted by Gasteiger charge is 2.31. The van der Waals surface area contributed by atoms with Gasteiger partial charge in [-0.15, -0.1) is 0 Å². The summed E-state index contributed by atoms with van der Waals surface area (Å²) >= 11 is 0. The fraction of sp³-hybridized carbons (Fsp3) is 0.200. The van der Waals surface area contributed by atoms with E-state index in [1.807, 2.05) is 0 Å². The normalized spacial score (nSPS) is 13.2. The summed E-state index contributed by atoms with van der Waals surface area (Å²) in [6.45, 7) is 0.277. The number of hydrogen-bond acceptors (Lipinski definition) is 3. The lowest BCUT2D eigenvalue weighted by Crippen LogP contribution is -2.22. The number of carbonyl (C=O) groups is 1. The zero-order chi connectivity index (χ0) is 23.0. The van der Waals surface area contributed by atoms with Crippen LogP contribution in [0.15, 0.2) is 71.3 Å². The average Bonchev–Trinajstić information content (AvgIpc) is 3.54. The molecule has 0 atom stereocenters. The molecule has 0 saturated heterocycles. The molecule has 0 bridgehead atoms. The van der Waals surface area contributed by atoms with Gasteiger partial charge in [0.1, 0.15) is 5.76 Å². The minimum Gasteiger partial charge on any atom is -0.467 e. The number of nitrogens with zero attached hydrogens (tertiary/aromatic N) is 2. The fourth-order valence-corrected chi connectivity index (χ4v) is 4.15. The number of rotatable bonds is 5. The van der Waals surface area contributed by atoms with Crippen LogP contribution in [0.1, 0.15) is 39.4 Å². The van der Waals surface area contributed by atoms with Crippen LogP contribution in [0.25, 0.3) is 16.9 Å². The minimum absolute atomic E-state index is 0.251. The van der Waals surface area contributed by atoms with Crippen LogP contribution in [0.4, 0.5) is 13.2 Å². The van der Waals surface area contributed by atoms with E-state index in [2.05, 4.69) is 5.32 Å². The van der Waals surface area contributed by atoms with Gasteiger partial charge in [-0.1, -0.05) is 12.1 Å². The highest BCUT2D eigenvalue weighted by molar-refractivity contribution is 5.94. The number of fused-ring (bicyclic) bond motifs is 1. The predicted molar refractivity (Wildman–Crippen MR) is 116 cm³/mol. The Morgan fingerprint density at radius 1 is 1.06 bits per heavy atom. The molecule has 0 saturated carbocycles. The number of aryl methyl sites for hydroxylation is 1. The first kappa shape index (κ1) is 21.1. The first-order valence-corrected chi connectivity index (χ1v) is 10.6. The molecule has 2 aromatic heterocycles. The lowest BCUT2D eigenvalue weighted by molar-refractivity contribution is -0.137. The van der Waals surface area contributed by atoms with Crippen LogP contribution in [0.5, 0.6) is 0 Å². The quantitative estimate of drug-likeness (QED) is 0.432. The van der Waals surface area contributed by atoms with E-state index < -0.39 is 11.7 Å². The summed E-state index contributed by atoms with van der Waals surface area (Å²) in [5.41, 5.74) is 3.48. The van der Waals surface area contributed by atoms with Gasteiger partial charge in [0.2, 0.25) is 0 Å². The maximum Gasteiger partial charge on any atom is 0.416 e. The van der Waals surface area contributed by atoms with Gasteiger partial charge in [-0.25, -0.2) is 4.68 Å². The van der Waals surface area contributed by atoms with Crippen molar-refractivity contribution in [2.75, 3.05) is 0 Å². The Morgan fingerprint density at radius 2 is 1.88 bits per heavy atom. The minimum atomic E-state index is -4.42. The molecule has 1 amide bonds. The van der Waals surface area contributed by atoms with Gasteiger partial charge in [-0.3, -0.25) is 4.79 Å². The Balaban J connectivity index is 1.46. The van der Waals surface area contributed by atoms with E-state index in [-0.39, 0.29) is 12.5 Å². The lowest BCUT2D eigenvalue weighted by Gasteiger charge is -2.13. The number of hydrogen-bond donors (Lipinski definition) is 1. The van der Waals surface area contributed by atoms with E-state index >= 15 is 0 Å². The van der Waals surface area contributed by atoms with Crippen molar-refractivity contribution in [3.63, 3.8) is 0 Å². The molecule has 2 heterocycles. The molecular formula is C25H20F3N3O2. The lowest BCUT2D eigenvalue weighted by atomic mass is 10.0. The molecule has 4 aromatic rings. The molecule has 1 aliphatic carbocycles. The standard InChI is InChI=1S/C25H20F3N3O2/c26-25(27,28)18-5-1-4-17(14-18)23-21-7-2-8-22(21)30-31(23)19-11-9-16(10-12-19)24(32)29-15-20-6-3-13-33-20/h1,3-6,9-14H,2,7-8,15H2,(H,29,32). The summed E-state index contributed by atoms with van der Waals surface area (Å²) in [5, 5.41) is 7.48. The van der Waals surface area contributed by atoms with Crippen molar-refractivity contribution in [2.24, 2.45) is 0 Å². The van der Waals surface area contributed by atoms with Gasteiger partial charge in [0.25, 0.3) is 5.91 Å². The zero-order valence-electron chi connectivity index (χ0n) is 17.5. The van der Waals surface area contributed by atoms with Crippen molar-refractivity contribution in [3.05, 3.63) is 95.1 Å². The molecule has 2 aromatic carbocycles. The van der Waals surface area contributed by atoms with Crippen LogP contribution in [0.3, 0.4) is 0 Å². The van der Waals surface area contributed by atoms with E-state index in [0.29, 0.717) is 28.3 Å². The topological polar surface area (TPSA) is 60.1 Å². The zero-order valence-corrected chi connectivity index (χ0v) is 17.5. The number of aromatic nitrogens is 2. The molecule has 1 aliphatic rings. The van der Waals surface area contributed by atoms with Gasteiger partial charge >= 0.3 is 6.18 Å². The van der Waals surface area contributed by atoms with E-state index in [9.17, 15) is 18.0 Å². The monoisotopic (exact) mass is 451 g/mol. The van der Waals surface area contributed by atoms with Gasteiger partial charge in [0, 0.05) is 16.7 Å². The number of carbonyl (C=O) groups excluding carboxylic acids is 1. The van der Waals surface area contributed by atoms with Crippen molar-refractivity contribution >= 4 is 5.91 Å². The van der Waals surface area contributed by atoms with Crippen LogP contribution < -0.4 is 5.32 Å². The molecule has 33 heavy (non-hydrogen) atoms. The highest BCUT2D eigenvalue weighted by atomic mass is 19.4. The number of alkyl halides is 3. The SMILES string of the molecule is O=C(NCc1ccco1)c1ccc(-n2nc3c(c2-c2cccc(C(F)(F)F)c2)CCC3)cc1. The smallest absolute Gasteiger partial charge is 0.416 e. The third kappa shape index (κ3) is 4.16. The van der Waals surface area contributed by atoms with Crippen LogP contribution in [-0.2, 0) is 25.6 Å². The second kappa shape index (κ2) is 8.27. The van der Waals surface area contributed by atoms with Crippen LogP contribution in [-0.4, -0.2) is 15.7 Å². The van der Waals surface area contributed by atoms with Crippen molar-refractivity contribution in [1.29, 1.82) is 0 Å². The Morgan fingerprint density at radius 3 is 2.61 bits per heavy atom. The van der Waals surface area contributed by atoms with Gasteiger partial charge < -0.3 is 9.73 Å². The summed E-state index contributed by atoms with van der Waals surface area (Å²) in [5.74, 6) is 0.399. The van der Waals surface area contributed by atoms with Gasteiger partial charge in [-0.05, 0) is 67.8 Å². The maximum absolute atomic E-state index is 13.3. The van der Waals surface area contributed by atoms with Crippen LogP contribution in [0, 0.1) is 0 Å².